The van der Waals surface area contributed by atoms with Gasteiger partial charge in [-0.3, -0.25) is 9.78 Å². The highest BCUT2D eigenvalue weighted by Crippen LogP contribution is 2.35. The van der Waals surface area contributed by atoms with Gasteiger partial charge in [0.05, 0.1) is 16.6 Å². The molecule has 0 aliphatic rings. The van der Waals surface area contributed by atoms with Gasteiger partial charge in [-0.15, -0.1) is 0 Å². The van der Waals surface area contributed by atoms with Crippen LogP contribution in [0.5, 0.6) is 0 Å². The number of aromatic nitrogens is 6. The van der Waals surface area contributed by atoms with Gasteiger partial charge in [-0.05, 0) is 18.7 Å². The van der Waals surface area contributed by atoms with Gasteiger partial charge in [-0.1, -0.05) is 0 Å². The van der Waals surface area contributed by atoms with Crippen LogP contribution in [0.15, 0.2) is 22.6 Å². The highest BCUT2D eigenvalue weighted by Gasteiger charge is 2.20. The van der Waals surface area contributed by atoms with E-state index in [1.165, 1.54) is 24.3 Å². The molecule has 0 spiro atoms. The lowest BCUT2D eigenvalue weighted by Crippen LogP contribution is -2.02. The van der Waals surface area contributed by atoms with Crippen molar-refractivity contribution in [2.24, 2.45) is 7.05 Å². The summed E-state index contributed by atoms with van der Waals surface area (Å²) in [7, 11) is 1.77. The topological polar surface area (TPSA) is 110 Å². The zero-order chi connectivity index (χ0) is 14.3. The fraction of sp³-hybridized carbons (Fsp3) is 0.182. The van der Waals surface area contributed by atoms with Crippen molar-refractivity contribution in [3.63, 3.8) is 0 Å². The maximum Gasteiger partial charge on any atom is 0.338 e. The number of nitrogens with zero attached hydrogens (tertiary/aromatic N) is 5. The van der Waals surface area contributed by atoms with E-state index in [0.717, 1.165) is 5.69 Å². The SMILES string of the molecule is Cc1nn(C)c2ncc(C(=O)O)c(Sc3ncn[nH]3)c12. The number of hydrogen-bond donors (Lipinski definition) is 2. The number of nitrogens with one attached hydrogen (secondary N) is 1. The van der Waals surface area contributed by atoms with E-state index in [-0.39, 0.29) is 5.56 Å². The van der Waals surface area contributed by atoms with Crippen molar-refractivity contribution in [2.75, 3.05) is 0 Å². The molecule has 0 saturated heterocycles. The van der Waals surface area contributed by atoms with Gasteiger partial charge in [-0.2, -0.15) is 10.2 Å². The van der Waals surface area contributed by atoms with Crippen molar-refractivity contribution in [3.05, 3.63) is 23.8 Å². The summed E-state index contributed by atoms with van der Waals surface area (Å²) >= 11 is 1.20. The molecule has 0 saturated carbocycles. The molecule has 20 heavy (non-hydrogen) atoms. The summed E-state index contributed by atoms with van der Waals surface area (Å²) in [6, 6.07) is 0. The molecule has 9 heteroatoms. The van der Waals surface area contributed by atoms with Gasteiger partial charge < -0.3 is 5.11 Å². The third-order valence-corrected chi connectivity index (χ3v) is 3.82. The van der Waals surface area contributed by atoms with Gasteiger partial charge in [0.25, 0.3) is 0 Å². The number of aryl methyl sites for hydroxylation is 2. The van der Waals surface area contributed by atoms with Crippen LogP contribution in [0.4, 0.5) is 0 Å². The predicted octanol–water partition coefficient (Wildman–Crippen LogP) is 1.24. The van der Waals surface area contributed by atoms with Gasteiger partial charge >= 0.3 is 5.97 Å². The highest BCUT2D eigenvalue weighted by molar-refractivity contribution is 7.99. The second-order valence-electron chi connectivity index (χ2n) is 4.11. The second-order valence-corrected chi connectivity index (χ2v) is 5.11. The molecule has 0 unspecified atom stereocenters. The maximum atomic E-state index is 11.4. The van der Waals surface area contributed by atoms with Crippen LogP contribution in [-0.4, -0.2) is 41.0 Å². The number of pyridine rings is 1. The first kappa shape index (κ1) is 12.6. The van der Waals surface area contributed by atoms with Crippen LogP contribution in [0, 0.1) is 6.92 Å². The van der Waals surface area contributed by atoms with E-state index in [0.29, 0.717) is 21.1 Å². The van der Waals surface area contributed by atoms with Gasteiger partial charge in [0.15, 0.2) is 10.8 Å². The van der Waals surface area contributed by atoms with Crippen LogP contribution < -0.4 is 0 Å². The summed E-state index contributed by atoms with van der Waals surface area (Å²) in [5.41, 5.74) is 1.48. The van der Waals surface area contributed by atoms with Crippen LogP contribution >= 0.6 is 11.8 Å². The smallest absolute Gasteiger partial charge is 0.338 e. The lowest BCUT2D eigenvalue weighted by atomic mass is 10.2. The predicted molar refractivity (Wildman–Crippen MR) is 70.7 cm³/mol. The molecule has 102 valence electrons. The fourth-order valence-electron chi connectivity index (χ4n) is 1.98. The molecule has 0 aromatic carbocycles. The van der Waals surface area contributed by atoms with Gasteiger partial charge in [0, 0.05) is 18.1 Å². The fourth-order valence-corrected chi connectivity index (χ4v) is 2.96. The van der Waals surface area contributed by atoms with Gasteiger partial charge in [0.1, 0.15) is 6.33 Å². The summed E-state index contributed by atoms with van der Waals surface area (Å²) in [5, 5.41) is 21.3. The number of H-pyrrole nitrogens is 1. The quantitative estimate of drug-likeness (QED) is 0.746. The molecular formula is C11H10N6O2S. The third-order valence-electron chi connectivity index (χ3n) is 2.80. The van der Waals surface area contributed by atoms with Crippen molar-refractivity contribution in [2.45, 2.75) is 17.0 Å². The standard InChI is InChI=1S/C11H10N6O2S/c1-5-7-8(20-11-13-4-14-15-11)6(10(18)19)3-12-9(7)17(2)16-5/h3-4H,1-2H3,(H,18,19)(H,13,14,15). The Morgan fingerprint density at radius 2 is 2.25 bits per heavy atom. The van der Waals surface area contributed by atoms with Crippen molar-refractivity contribution in [3.8, 4) is 0 Å². The van der Waals surface area contributed by atoms with Crippen molar-refractivity contribution >= 4 is 28.8 Å². The molecule has 0 atom stereocenters. The van der Waals surface area contributed by atoms with Gasteiger partial charge in [0.2, 0.25) is 0 Å². The zero-order valence-corrected chi connectivity index (χ0v) is 11.5. The third kappa shape index (κ3) is 1.92. The Morgan fingerprint density at radius 1 is 1.45 bits per heavy atom. The summed E-state index contributed by atoms with van der Waals surface area (Å²) in [4.78, 5) is 20.1. The molecule has 8 nitrogen and oxygen atoms in total. The average Bonchev–Trinajstić information content (AvgIpc) is 2.99. The molecule has 2 N–H and O–H groups in total. The van der Waals surface area contributed by atoms with E-state index in [9.17, 15) is 9.90 Å². The van der Waals surface area contributed by atoms with Crippen molar-refractivity contribution in [1.29, 1.82) is 0 Å². The van der Waals surface area contributed by atoms with E-state index in [4.69, 9.17) is 0 Å². The zero-order valence-electron chi connectivity index (χ0n) is 10.7. The minimum absolute atomic E-state index is 0.120. The number of carboxylic acids is 1. The van der Waals surface area contributed by atoms with Crippen molar-refractivity contribution in [1.82, 2.24) is 29.9 Å². The number of fused-ring (bicyclic) bond motifs is 1. The Bertz CT molecular complexity index is 795. The second kappa shape index (κ2) is 4.60. The summed E-state index contributed by atoms with van der Waals surface area (Å²) in [6.07, 6.45) is 2.71. The molecule has 0 fully saturated rings. The van der Waals surface area contributed by atoms with Crippen LogP contribution in [-0.2, 0) is 7.05 Å². The lowest BCUT2D eigenvalue weighted by Gasteiger charge is -2.05. The lowest BCUT2D eigenvalue weighted by molar-refractivity contribution is 0.0693. The average molecular weight is 290 g/mol. The first-order valence-corrected chi connectivity index (χ1v) is 6.48. The Hall–Kier alpha value is -2.42. The summed E-state index contributed by atoms with van der Waals surface area (Å²) in [6.45, 7) is 1.82. The Balaban J connectivity index is 2.29. The highest BCUT2D eigenvalue weighted by atomic mass is 32.2. The Kier molecular flexibility index (Phi) is 2.90. The molecular weight excluding hydrogens is 280 g/mol. The van der Waals surface area contributed by atoms with Crippen LogP contribution in [0.1, 0.15) is 16.1 Å². The van der Waals surface area contributed by atoms with Gasteiger partial charge in [-0.25, -0.2) is 14.8 Å². The van der Waals surface area contributed by atoms with E-state index >= 15 is 0 Å². The molecule has 0 bridgehead atoms. The van der Waals surface area contributed by atoms with E-state index in [1.807, 2.05) is 6.92 Å². The minimum Gasteiger partial charge on any atom is -0.478 e. The Morgan fingerprint density at radius 3 is 2.90 bits per heavy atom. The number of carbonyl (C=O) groups is 1. The molecule has 0 aliphatic heterocycles. The van der Waals surface area contributed by atoms with Crippen LogP contribution in [0.25, 0.3) is 11.0 Å². The van der Waals surface area contributed by atoms with Crippen molar-refractivity contribution < 1.29 is 9.90 Å². The first-order valence-electron chi connectivity index (χ1n) is 5.66. The number of hydrogen-bond acceptors (Lipinski definition) is 6. The summed E-state index contributed by atoms with van der Waals surface area (Å²) in [5.74, 6) is -1.04. The first-order chi connectivity index (χ1) is 9.58. The van der Waals surface area contributed by atoms with Crippen LogP contribution in [0.2, 0.25) is 0 Å². The molecule has 3 heterocycles. The number of rotatable bonds is 3. The maximum absolute atomic E-state index is 11.4. The Labute approximate surface area is 117 Å². The molecule has 3 rings (SSSR count). The molecule has 3 aromatic heterocycles. The minimum atomic E-state index is -1.04. The number of aromatic carboxylic acids is 1. The van der Waals surface area contributed by atoms with E-state index in [2.05, 4.69) is 25.3 Å². The summed E-state index contributed by atoms with van der Waals surface area (Å²) < 4.78 is 1.63. The van der Waals surface area contributed by atoms with Crippen LogP contribution in [0.3, 0.4) is 0 Å². The molecule has 0 amide bonds. The van der Waals surface area contributed by atoms with E-state index in [1.54, 1.807) is 11.7 Å². The molecule has 3 aromatic rings. The molecule has 0 aliphatic carbocycles. The monoisotopic (exact) mass is 290 g/mol. The molecule has 0 radical (unpaired) electrons. The largest absolute Gasteiger partial charge is 0.478 e. The normalized spacial score (nSPS) is 11.1. The van der Waals surface area contributed by atoms with E-state index < -0.39 is 5.97 Å². The number of aromatic amines is 1. The number of carboxylic acid groups (broad SMARTS) is 1.